The first-order valence-corrected chi connectivity index (χ1v) is 8.79. The molecule has 2 heterocycles. The number of hydrogen-bond donors (Lipinski definition) is 0. The largest absolute Gasteiger partial charge is 0.493 e. The summed E-state index contributed by atoms with van der Waals surface area (Å²) >= 11 is 0. The van der Waals surface area contributed by atoms with E-state index in [1.54, 1.807) is 6.33 Å². The van der Waals surface area contributed by atoms with Crippen LogP contribution in [0.3, 0.4) is 0 Å². The fourth-order valence-corrected chi connectivity index (χ4v) is 5.19. The molecule has 4 fully saturated rings. The molecule has 0 N–H and O–H groups in total. The van der Waals surface area contributed by atoms with E-state index in [4.69, 9.17) is 4.74 Å². The Morgan fingerprint density at radius 1 is 1.23 bits per heavy atom. The van der Waals surface area contributed by atoms with Gasteiger partial charge in [0, 0.05) is 17.8 Å². The van der Waals surface area contributed by atoms with Crippen molar-refractivity contribution < 1.29 is 4.74 Å². The first-order chi connectivity index (χ1) is 10.8. The van der Waals surface area contributed by atoms with Gasteiger partial charge in [-0.2, -0.15) is 0 Å². The van der Waals surface area contributed by atoms with E-state index in [-0.39, 0.29) is 0 Å². The van der Waals surface area contributed by atoms with E-state index in [1.807, 2.05) is 4.40 Å². The van der Waals surface area contributed by atoms with Crippen molar-refractivity contribution in [2.24, 2.45) is 23.2 Å². The highest BCUT2D eigenvalue weighted by Crippen LogP contribution is 2.80. The number of ether oxygens (including phenoxy) is 1. The lowest BCUT2D eigenvalue weighted by atomic mass is 9.90. The molecule has 0 radical (unpaired) electrons. The Kier molecular flexibility index (Phi) is 2.08. The van der Waals surface area contributed by atoms with Crippen LogP contribution in [-0.2, 0) is 0 Å². The van der Waals surface area contributed by atoms with Gasteiger partial charge in [0.05, 0.1) is 6.61 Å². The van der Waals surface area contributed by atoms with E-state index in [2.05, 4.69) is 22.5 Å². The number of nitrogens with zero attached hydrogens (tertiary/aromatic N) is 3. The van der Waals surface area contributed by atoms with Crippen LogP contribution in [0.2, 0.25) is 0 Å². The Balaban J connectivity index is 1.26. The van der Waals surface area contributed by atoms with Gasteiger partial charge in [-0.3, -0.25) is 4.40 Å². The van der Waals surface area contributed by atoms with Crippen LogP contribution in [0.1, 0.15) is 50.0 Å². The maximum atomic E-state index is 6.33. The quantitative estimate of drug-likeness (QED) is 0.867. The maximum absolute atomic E-state index is 6.33. The molecule has 114 valence electrons. The van der Waals surface area contributed by atoms with E-state index < -0.39 is 0 Å². The van der Waals surface area contributed by atoms with Crippen LogP contribution < -0.4 is 4.74 Å². The standard InChI is InChI=1S/C18H21N3O/c1-2-11(1)14-8-21-10-19-20-17(21)5-16(14)22-9-12-3-4-13-6-18(13)7-15(12)18/h5,8,10-13,15H,1-4,6-7,9H2/t12-,13+,15+,18?/m1/s1. The second-order valence-corrected chi connectivity index (χ2v) is 8.06. The Morgan fingerprint density at radius 3 is 3.09 bits per heavy atom. The van der Waals surface area contributed by atoms with Crippen molar-refractivity contribution in [3.05, 3.63) is 24.2 Å². The topological polar surface area (TPSA) is 39.4 Å². The molecule has 2 aromatic heterocycles. The SMILES string of the molecule is c1c(OC[C@H]2CC[C@H]3CC34C[C@@H]24)c(C2CC2)cn2cnnc12. The molecule has 4 aliphatic rings. The molecular formula is C18H21N3O. The van der Waals surface area contributed by atoms with Gasteiger partial charge in [-0.25, -0.2) is 0 Å². The lowest BCUT2D eigenvalue weighted by Gasteiger charge is -2.22. The molecule has 0 aromatic carbocycles. The predicted octanol–water partition coefficient (Wildman–Crippen LogP) is 3.42. The van der Waals surface area contributed by atoms with Gasteiger partial charge in [-0.15, -0.1) is 10.2 Å². The second-order valence-electron chi connectivity index (χ2n) is 8.06. The number of pyridine rings is 1. The minimum Gasteiger partial charge on any atom is -0.493 e. The first-order valence-electron chi connectivity index (χ1n) is 8.79. The highest BCUT2D eigenvalue weighted by molar-refractivity contribution is 5.49. The van der Waals surface area contributed by atoms with Crippen molar-refractivity contribution in [2.75, 3.05) is 6.61 Å². The molecule has 22 heavy (non-hydrogen) atoms. The average molecular weight is 295 g/mol. The third-order valence-electron chi connectivity index (χ3n) is 6.81. The third kappa shape index (κ3) is 1.58. The van der Waals surface area contributed by atoms with E-state index in [1.165, 1.54) is 44.1 Å². The molecule has 4 nitrogen and oxygen atoms in total. The molecule has 0 aliphatic heterocycles. The maximum Gasteiger partial charge on any atom is 0.164 e. The van der Waals surface area contributed by atoms with E-state index in [0.29, 0.717) is 5.92 Å². The fraction of sp³-hybridized carbons (Fsp3) is 0.667. The van der Waals surface area contributed by atoms with Gasteiger partial charge in [0.25, 0.3) is 0 Å². The van der Waals surface area contributed by atoms with Crippen LogP contribution in [-0.4, -0.2) is 21.2 Å². The van der Waals surface area contributed by atoms with Crippen LogP contribution in [0, 0.1) is 23.2 Å². The summed E-state index contributed by atoms with van der Waals surface area (Å²) in [5.74, 6) is 4.61. The first kappa shape index (κ1) is 11.9. The highest BCUT2D eigenvalue weighted by Gasteiger charge is 2.73. The number of fused-ring (bicyclic) bond motifs is 1. The van der Waals surface area contributed by atoms with Crippen molar-refractivity contribution in [3.63, 3.8) is 0 Å². The van der Waals surface area contributed by atoms with Crippen molar-refractivity contribution >= 4 is 5.65 Å². The summed E-state index contributed by atoms with van der Waals surface area (Å²) in [4.78, 5) is 0. The van der Waals surface area contributed by atoms with Gasteiger partial charge in [-0.05, 0) is 67.6 Å². The smallest absolute Gasteiger partial charge is 0.164 e. The second kappa shape index (κ2) is 3.84. The van der Waals surface area contributed by atoms with Gasteiger partial charge < -0.3 is 4.74 Å². The summed E-state index contributed by atoms with van der Waals surface area (Å²) in [6, 6.07) is 2.09. The summed E-state index contributed by atoms with van der Waals surface area (Å²) in [6.45, 7) is 0.906. The zero-order valence-electron chi connectivity index (χ0n) is 12.7. The molecule has 1 spiro atoms. The molecule has 4 heteroatoms. The molecule has 0 bridgehead atoms. The number of aromatic nitrogens is 3. The molecule has 4 aliphatic carbocycles. The molecular weight excluding hydrogens is 274 g/mol. The van der Waals surface area contributed by atoms with Crippen molar-refractivity contribution in [1.29, 1.82) is 0 Å². The van der Waals surface area contributed by atoms with Gasteiger partial charge in [0.2, 0.25) is 0 Å². The lowest BCUT2D eigenvalue weighted by molar-refractivity contribution is 0.193. The van der Waals surface area contributed by atoms with E-state index in [9.17, 15) is 0 Å². The summed E-state index contributed by atoms with van der Waals surface area (Å²) in [5, 5.41) is 8.17. The summed E-state index contributed by atoms with van der Waals surface area (Å²) < 4.78 is 8.35. The third-order valence-corrected chi connectivity index (χ3v) is 6.81. The molecule has 2 aromatic rings. The minimum atomic E-state index is 0.688. The van der Waals surface area contributed by atoms with Crippen LogP contribution in [0.4, 0.5) is 0 Å². The van der Waals surface area contributed by atoms with Crippen LogP contribution >= 0.6 is 0 Å². The van der Waals surface area contributed by atoms with Gasteiger partial charge in [0.1, 0.15) is 12.1 Å². The monoisotopic (exact) mass is 295 g/mol. The van der Waals surface area contributed by atoms with Crippen LogP contribution in [0.15, 0.2) is 18.6 Å². The zero-order chi connectivity index (χ0) is 14.3. The molecule has 1 unspecified atom stereocenters. The Labute approximate surface area is 129 Å². The van der Waals surface area contributed by atoms with Gasteiger partial charge in [-0.1, -0.05) is 0 Å². The normalized spacial score (nSPS) is 38.5. The minimum absolute atomic E-state index is 0.688. The number of hydrogen-bond acceptors (Lipinski definition) is 3. The Morgan fingerprint density at radius 2 is 2.18 bits per heavy atom. The molecule has 6 rings (SSSR count). The van der Waals surface area contributed by atoms with Gasteiger partial charge >= 0.3 is 0 Å². The Bertz CT molecular complexity index is 765. The summed E-state index contributed by atoms with van der Waals surface area (Å²) in [5.41, 5.74) is 3.06. The highest BCUT2D eigenvalue weighted by atomic mass is 16.5. The predicted molar refractivity (Wildman–Crippen MR) is 81.8 cm³/mol. The molecule has 4 saturated carbocycles. The van der Waals surface area contributed by atoms with Crippen LogP contribution in [0.25, 0.3) is 5.65 Å². The van der Waals surface area contributed by atoms with Crippen molar-refractivity contribution in [3.8, 4) is 5.75 Å². The van der Waals surface area contributed by atoms with Crippen molar-refractivity contribution in [1.82, 2.24) is 14.6 Å². The van der Waals surface area contributed by atoms with E-state index >= 15 is 0 Å². The molecule has 0 saturated heterocycles. The molecule has 0 amide bonds. The average Bonchev–Trinajstić information content (AvgIpc) is 3.42. The fourth-order valence-electron chi connectivity index (χ4n) is 5.19. The summed E-state index contributed by atoms with van der Waals surface area (Å²) in [6.07, 6.45) is 12.4. The lowest BCUT2D eigenvalue weighted by Crippen LogP contribution is -2.19. The zero-order valence-corrected chi connectivity index (χ0v) is 12.7. The molecule has 4 atom stereocenters. The van der Waals surface area contributed by atoms with Crippen LogP contribution in [0.5, 0.6) is 5.75 Å². The summed E-state index contributed by atoms with van der Waals surface area (Å²) in [7, 11) is 0. The Hall–Kier alpha value is -1.58. The van der Waals surface area contributed by atoms with Crippen molar-refractivity contribution in [2.45, 2.75) is 44.4 Å². The van der Waals surface area contributed by atoms with Gasteiger partial charge in [0.15, 0.2) is 5.65 Å². The number of rotatable bonds is 4. The van der Waals surface area contributed by atoms with E-state index in [0.717, 1.165) is 41.2 Å².